The van der Waals surface area contributed by atoms with Gasteiger partial charge in [-0.05, 0) is 38.5 Å². The van der Waals surface area contributed by atoms with E-state index in [1.807, 2.05) is 31.2 Å². The summed E-state index contributed by atoms with van der Waals surface area (Å²) in [4.78, 5) is 2.24. The van der Waals surface area contributed by atoms with Gasteiger partial charge in [-0.1, -0.05) is 19.6 Å². The van der Waals surface area contributed by atoms with Gasteiger partial charge in [-0.2, -0.15) is 0 Å². The Morgan fingerprint density at radius 3 is 2.62 bits per heavy atom. The minimum absolute atomic E-state index is 0. The first-order chi connectivity index (χ1) is 9.52. The predicted octanol–water partition coefficient (Wildman–Crippen LogP) is 2.48. The molecule has 0 radical (unpaired) electrons. The van der Waals surface area contributed by atoms with Crippen LogP contribution < -0.4 is 4.74 Å². The molecule has 0 saturated carbocycles. The van der Waals surface area contributed by atoms with E-state index in [0.717, 1.165) is 24.4 Å². The van der Waals surface area contributed by atoms with Crippen LogP contribution in [0, 0.1) is 6.92 Å². The Labute approximate surface area is 128 Å². The lowest BCUT2D eigenvalue weighted by atomic mass is 10.2. The van der Waals surface area contributed by atoms with E-state index in [4.69, 9.17) is 9.47 Å². The van der Waals surface area contributed by atoms with Crippen molar-refractivity contribution in [2.75, 3.05) is 26.2 Å². The van der Waals surface area contributed by atoms with Crippen molar-refractivity contribution in [2.45, 2.75) is 46.5 Å². The third kappa shape index (κ3) is 6.04. The topological polar surface area (TPSA) is 41.9 Å². The molecule has 1 N–H and O–H groups in total. The van der Waals surface area contributed by atoms with Gasteiger partial charge < -0.3 is 14.6 Å². The molecular weight excluding hydrogens is 266 g/mol. The summed E-state index contributed by atoms with van der Waals surface area (Å²) in [5.74, 6) is 0.813. The maximum absolute atomic E-state index is 10.1. The Bertz CT molecular complexity index is 414. The van der Waals surface area contributed by atoms with Gasteiger partial charge in [0, 0.05) is 19.6 Å². The molecule has 1 aliphatic rings. The lowest BCUT2D eigenvalue weighted by Crippen LogP contribution is -2.48. The molecule has 1 fully saturated rings. The van der Waals surface area contributed by atoms with E-state index < -0.39 is 6.10 Å². The molecule has 3 atom stereocenters. The Morgan fingerprint density at radius 2 is 2.00 bits per heavy atom. The van der Waals surface area contributed by atoms with Crippen LogP contribution in [-0.4, -0.2) is 54.6 Å². The van der Waals surface area contributed by atoms with E-state index in [9.17, 15) is 5.11 Å². The van der Waals surface area contributed by atoms with Crippen LogP contribution in [0.4, 0.5) is 0 Å². The number of hydrogen-bond donors (Lipinski definition) is 1. The summed E-state index contributed by atoms with van der Waals surface area (Å²) < 4.78 is 11.3. The molecule has 4 nitrogen and oxygen atoms in total. The summed E-state index contributed by atoms with van der Waals surface area (Å²) in [5.41, 5.74) is 1.16. The second kappa shape index (κ2) is 8.37. The zero-order chi connectivity index (χ0) is 14.5. The normalized spacial score (nSPS) is 24.2. The summed E-state index contributed by atoms with van der Waals surface area (Å²) in [5, 5.41) is 10.1. The van der Waals surface area contributed by atoms with Crippen molar-refractivity contribution in [2.24, 2.45) is 0 Å². The average molecular weight is 295 g/mol. The summed E-state index contributed by atoms with van der Waals surface area (Å²) in [6, 6.07) is 7.88. The Hall–Kier alpha value is -1.10. The number of β-amino-alcohol motifs (C(OH)–C–C–N with tert-alkyl or cyclic N) is 1. The highest BCUT2D eigenvalue weighted by molar-refractivity contribution is 5.27. The number of morpholine rings is 1. The lowest BCUT2D eigenvalue weighted by Gasteiger charge is -2.36. The van der Waals surface area contributed by atoms with E-state index in [1.54, 1.807) is 0 Å². The molecule has 0 spiro atoms. The molecule has 1 aromatic rings. The zero-order valence-electron chi connectivity index (χ0n) is 12.6. The third-order valence-corrected chi connectivity index (χ3v) is 3.40. The van der Waals surface area contributed by atoms with E-state index in [0.29, 0.717) is 13.2 Å². The summed E-state index contributed by atoms with van der Waals surface area (Å²) in [6.45, 7) is 8.85. The van der Waals surface area contributed by atoms with Crippen LogP contribution in [0.15, 0.2) is 24.3 Å². The number of ether oxygens (including phenoxy) is 2. The van der Waals surface area contributed by atoms with Gasteiger partial charge in [0.05, 0.1) is 12.2 Å². The molecule has 3 unspecified atom stereocenters. The minimum Gasteiger partial charge on any atom is -0.491 e. The fourth-order valence-electron chi connectivity index (χ4n) is 2.68. The highest BCUT2D eigenvalue weighted by Crippen LogP contribution is 2.14. The molecule has 0 aliphatic carbocycles. The fourth-order valence-corrected chi connectivity index (χ4v) is 2.68. The second-order valence-corrected chi connectivity index (χ2v) is 5.76. The van der Waals surface area contributed by atoms with Crippen molar-refractivity contribution in [3.63, 3.8) is 0 Å². The number of benzene rings is 1. The van der Waals surface area contributed by atoms with Gasteiger partial charge >= 0.3 is 0 Å². The Balaban J connectivity index is 0.00000220. The largest absolute Gasteiger partial charge is 0.491 e. The number of nitrogens with zero attached hydrogens (tertiary/aromatic N) is 1. The van der Waals surface area contributed by atoms with Gasteiger partial charge in [-0.25, -0.2) is 0 Å². The first-order valence-corrected chi connectivity index (χ1v) is 7.28. The third-order valence-electron chi connectivity index (χ3n) is 3.40. The van der Waals surface area contributed by atoms with Crippen molar-refractivity contribution < 1.29 is 14.6 Å². The lowest BCUT2D eigenvalue weighted by molar-refractivity contribution is -0.0786. The number of hydrogen-bond acceptors (Lipinski definition) is 4. The quantitative estimate of drug-likeness (QED) is 0.906. The van der Waals surface area contributed by atoms with Crippen LogP contribution >= 0.6 is 0 Å². The molecule has 21 heavy (non-hydrogen) atoms. The van der Waals surface area contributed by atoms with Gasteiger partial charge in [0.2, 0.25) is 0 Å². The van der Waals surface area contributed by atoms with Gasteiger partial charge in [0.25, 0.3) is 0 Å². The Morgan fingerprint density at radius 1 is 1.33 bits per heavy atom. The highest BCUT2D eigenvalue weighted by Gasteiger charge is 2.23. The molecule has 1 saturated heterocycles. The van der Waals surface area contributed by atoms with Crippen LogP contribution in [0.5, 0.6) is 5.75 Å². The zero-order valence-corrected chi connectivity index (χ0v) is 12.6. The Kier molecular flexibility index (Phi) is 7.15. The summed E-state index contributed by atoms with van der Waals surface area (Å²) >= 11 is 0. The molecule has 0 bridgehead atoms. The smallest absolute Gasteiger partial charge is 0.119 e. The van der Waals surface area contributed by atoms with Crippen molar-refractivity contribution >= 4 is 0 Å². The average Bonchev–Trinajstić information content (AvgIpc) is 2.35. The van der Waals surface area contributed by atoms with Crippen molar-refractivity contribution in [3.8, 4) is 5.75 Å². The van der Waals surface area contributed by atoms with Crippen molar-refractivity contribution in [1.82, 2.24) is 4.90 Å². The van der Waals surface area contributed by atoms with Crippen LogP contribution in [-0.2, 0) is 4.74 Å². The monoisotopic (exact) mass is 295 g/mol. The van der Waals surface area contributed by atoms with Gasteiger partial charge in [-0.15, -0.1) is 0 Å². The minimum atomic E-state index is -0.479. The first-order valence-electron chi connectivity index (χ1n) is 7.28. The van der Waals surface area contributed by atoms with Gasteiger partial charge in [0.1, 0.15) is 18.5 Å². The predicted molar refractivity (Wildman–Crippen MR) is 85.9 cm³/mol. The maximum atomic E-state index is 10.1. The van der Waals surface area contributed by atoms with Crippen LogP contribution in [0.3, 0.4) is 0 Å². The molecule has 0 aromatic heterocycles. The van der Waals surface area contributed by atoms with Crippen molar-refractivity contribution in [3.05, 3.63) is 29.8 Å². The number of aryl methyl sites for hydroxylation is 1. The van der Waals surface area contributed by atoms with Gasteiger partial charge in [0.15, 0.2) is 0 Å². The SMILES string of the molecule is C.Cc1cccc(OCC(O)CN2CC(C)OC(C)C2)c1. The standard InChI is InChI=1S/C16H25NO3.CH4/c1-12-5-4-6-16(7-12)19-11-15(18)10-17-8-13(2)20-14(3)9-17;/h4-7,13-15,18H,8-11H2,1-3H3;1H4. The molecule has 1 aromatic carbocycles. The molecule has 120 valence electrons. The molecule has 2 rings (SSSR count). The summed E-state index contributed by atoms with van der Waals surface area (Å²) in [7, 11) is 0. The fraction of sp³-hybridized carbons (Fsp3) is 0.647. The molecule has 4 heteroatoms. The van der Waals surface area contributed by atoms with Crippen LogP contribution in [0.25, 0.3) is 0 Å². The van der Waals surface area contributed by atoms with Crippen molar-refractivity contribution in [1.29, 1.82) is 0 Å². The van der Waals surface area contributed by atoms with E-state index in [-0.39, 0.29) is 19.6 Å². The molecule has 1 aliphatic heterocycles. The number of rotatable bonds is 5. The maximum Gasteiger partial charge on any atom is 0.119 e. The van der Waals surface area contributed by atoms with E-state index in [1.165, 1.54) is 0 Å². The van der Waals surface area contributed by atoms with Gasteiger partial charge in [-0.3, -0.25) is 4.90 Å². The first kappa shape index (κ1) is 18.0. The van der Waals surface area contributed by atoms with E-state index >= 15 is 0 Å². The second-order valence-electron chi connectivity index (χ2n) is 5.76. The highest BCUT2D eigenvalue weighted by atomic mass is 16.5. The van der Waals surface area contributed by atoms with Crippen LogP contribution in [0.2, 0.25) is 0 Å². The molecular formula is C17H29NO3. The van der Waals surface area contributed by atoms with E-state index in [2.05, 4.69) is 18.7 Å². The molecule has 1 heterocycles. The molecule has 0 amide bonds. The number of aliphatic hydroxyl groups excluding tert-OH is 1. The van der Waals surface area contributed by atoms with Crippen LogP contribution in [0.1, 0.15) is 26.8 Å². The number of aliphatic hydroxyl groups is 1. The summed E-state index contributed by atoms with van der Waals surface area (Å²) in [6.07, 6.45) is -0.0275.